The lowest BCUT2D eigenvalue weighted by Gasteiger charge is -2.20. The van der Waals surface area contributed by atoms with Crippen LogP contribution in [0.15, 0.2) is 35.4 Å². The van der Waals surface area contributed by atoms with Crippen molar-refractivity contribution in [3.8, 4) is 0 Å². The van der Waals surface area contributed by atoms with Crippen molar-refractivity contribution in [1.29, 1.82) is 0 Å². The van der Waals surface area contributed by atoms with Crippen molar-refractivity contribution < 1.29 is 4.70 Å². The minimum absolute atomic E-state index is 1.03. The Labute approximate surface area is 386 Å². The van der Waals surface area contributed by atoms with E-state index >= 15 is 0 Å². The van der Waals surface area contributed by atoms with Gasteiger partial charge in [-0.2, -0.15) is 0 Å². The minimum Gasteiger partial charge on any atom is -0.493 e. The van der Waals surface area contributed by atoms with Crippen LogP contribution < -0.4 is 0 Å². The first-order valence-electron chi connectivity index (χ1n) is 27.7. The van der Waals surface area contributed by atoms with E-state index in [1.165, 1.54) is 189 Å². The summed E-state index contributed by atoms with van der Waals surface area (Å²) in [6.45, 7) is 18.7. The molecule has 1 heterocycles. The monoisotopic (exact) mass is 849 g/mol. The maximum atomic E-state index is 13.1. The van der Waals surface area contributed by atoms with E-state index in [1.54, 1.807) is 38.1 Å². The van der Waals surface area contributed by atoms with Crippen molar-refractivity contribution >= 4 is 11.4 Å². The van der Waals surface area contributed by atoms with Crippen LogP contribution in [0.5, 0.6) is 0 Å². The summed E-state index contributed by atoms with van der Waals surface area (Å²) in [6.07, 6.45) is 44.8. The van der Waals surface area contributed by atoms with Crippen LogP contribution >= 0.6 is 0 Å². The van der Waals surface area contributed by atoms with E-state index in [4.69, 9.17) is 0 Å². The molecule has 2 aromatic carbocycles. The van der Waals surface area contributed by atoms with Crippen LogP contribution in [0.2, 0.25) is 0 Å². The normalized spacial score (nSPS) is 13.1. The number of nitrogens with zero attached hydrogens (tertiary/aromatic N) is 2. The molecule has 3 rings (SSSR count). The maximum absolute atomic E-state index is 13.1. The second-order valence-corrected chi connectivity index (χ2v) is 19.6. The third kappa shape index (κ3) is 17.8. The molecule has 2 nitrogen and oxygen atoms in total. The average molecular weight is 849 g/mol. The van der Waals surface area contributed by atoms with Crippen LogP contribution in [-0.4, -0.2) is 4.70 Å². The number of hydrogen-bond acceptors (Lipinski definition) is 0. The zero-order valence-electron chi connectivity index (χ0n) is 42.7. The lowest BCUT2D eigenvalue weighted by Crippen LogP contribution is -2.09. The molecule has 0 unspecified atom stereocenters. The van der Waals surface area contributed by atoms with Crippen molar-refractivity contribution in [3.05, 3.63) is 85.5 Å². The summed E-state index contributed by atoms with van der Waals surface area (Å²) in [4.78, 5) is 0. The van der Waals surface area contributed by atoms with E-state index in [1.807, 2.05) is 0 Å². The quantitative estimate of drug-likeness (QED) is 0.0475. The van der Waals surface area contributed by atoms with Crippen LogP contribution in [0.4, 0.5) is 0 Å². The fourth-order valence-electron chi connectivity index (χ4n) is 10.3. The molecule has 1 aliphatic heterocycles. The predicted octanol–water partition coefficient (Wildman–Crippen LogP) is 20.0. The van der Waals surface area contributed by atoms with Crippen LogP contribution in [0.25, 0.3) is 16.9 Å². The second-order valence-electron chi connectivity index (χ2n) is 19.6. The molecule has 0 atom stereocenters. The van der Waals surface area contributed by atoms with Gasteiger partial charge < -0.3 is 5.53 Å². The predicted molar refractivity (Wildman–Crippen MR) is 276 cm³/mol. The molecule has 0 saturated carbocycles. The molecule has 2 heteroatoms. The number of hydrogen-bond donors (Lipinski definition) is 0. The van der Waals surface area contributed by atoms with Gasteiger partial charge >= 0.3 is 0 Å². The molecule has 350 valence electrons. The number of rotatable bonds is 38. The molecular formula is C60H100N2. The first-order valence-corrected chi connectivity index (χ1v) is 27.7. The van der Waals surface area contributed by atoms with Crippen LogP contribution in [-0.2, 0) is 38.5 Å². The molecular weight excluding hydrogens is 749 g/mol. The summed E-state index contributed by atoms with van der Waals surface area (Å²) in [5.41, 5.74) is 30.4. The highest BCUT2D eigenvalue weighted by atomic mass is 15.2. The largest absolute Gasteiger partial charge is 0.493 e. The molecule has 0 aliphatic carbocycles. The van der Waals surface area contributed by atoms with Gasteiger partial charge in [0.1, 0.15) is 0 Å². The average Bonchev–Trinajstić information content (AvgIpc) is 3.56. The Kier molecular flexibility index (Phi) is 28.7. The van der Waals surface area contributed by atoms with Gasteiger partial charge in [0.05, 0.1) is 0 Å². The number of benzene rings is 2. The van der Waals surface area contributed by atoms with Gasteiger partial charge in [0.25, 0.3) is 0 Å². The van der Waals surface area contributed by atoms with Gasteiger partial charge in [0.2, 0.25) is 11.4 Å². The smallest absolute Gasteiger partial charge is 0.211 e. The Morgan fingerprint density at radius 1 is 0.290 bits per heavy atom. The summed E-state index contributed by atoms with van der Waals surface area (Å²) < 4.78 is 1.76. The Hall–Kier alpha value is -2.48. The van der Waals surface area contributed by atoms with E-state index in [9.17, 15) is 5.53 Å². The van der Waals surface area contributed by atoms with Gasteiger partial charge in [-0.15, -0.1) is 0 Å². The van der Waals surface area contributed by atoms with Crippen molar-refractivity contribution in [2.45, 2.75) is 287 Å². The summed E-state index contributed by atoms with van der Waals surface area (Å²) in [5, 5.41) is 0. The molecule has 1 aliphatic rings. The summed E-state index contributed by atoms with van der Waals surface area (Å²) in [6, 6.07) is 10.3. The molecule has 0 fully saturated rings. The Morgan fingerprint density at radius 3 is 0.774 bits per heavy atom. The van der Waals surface area contributed by atoms with Gasteiger partial charge in [0, 0.05) is 22.3 Å². The van der Waals surface area contributed by atoms with Crippen molar-refractivity contribution in [1.82, 2.24) is 0 Å². The van der Waals surface area contributed by atoms with Gasteiger partial charge in [-0.25, -0.2) is 4.70 Å². The Morgan fingerprint density at radius 2 is 0.532 bits per heavy atom. The van der Waals surface area contributed by atoms with E-state index in [2.05, 4.69) is 79.7 Å². The van der Waals surface area contributed by atoms with Crippen LogP contribution in [0.1, 0.15) is 293 Å². The van der Waals surface area contributed by atoms with E-state index in [0.29, 0.717) is 0 Å². The molecule has 0 spiro atoms. The zero-order valence-corrected chi connectivity index (χ0v) is 42.7. The van der Waals surface area contributed by atoms with Crippen molar-refractivity contribution in [3.63, 3.8) is 0 Å². The van der Waals surface area contributed by atoms with E-state index < -0.39 is 0 Å². The first-order chi connectivity index (χ1) is 30.4. The fraction of sp³-hybridized carbons (Fsp3) is 0.733. The van der Waals surface area contributed by atoms with Gasteiger partial charge in [-0.1, -0.05) is 184 Å². The third-order valence-corrected chi connectivity index (χ3v) is 14.1. The SMILES string of the molecule is CCCCCCc1cc(C2=C(CCCC)C(CCCC)=C(c3cc(CCCCCC)c(CCCCCC)c(CCCCCC)c3)[N+]2=[N-])cc(CCCCCC)c1CCCCCC. The van der Waals surface area contributed by atoms with Crippen molar-refractivity contribution in [2.24, 2.45) is 0 Å². The molecule has 0 saturated heterocycles. The topological polar surface area (TPSA) is 25.3 Å². The molecule has 0 bridgehead atoms. The number of aryl methyl sites for hydroxylation is 4. The zero-order chi connectivity index (χ0) is 44.8. The highest BCUT2D eigenvalue weighted by molar-refractivity contribution is 5.83. The Bertz CT molecular complexity index is 1420. The molecule has 2 aromatic rings. The van der Waals surface area contributed by atoms with Gasteiger partial charge in [-0.05, 0) is 160 Å². The lowest BCUT2D eigenvalue weighted by molar-refractivity contribution is -0.345. The third-order valence-electron chi connectivity index (χ3n) is 14.1. The van der Waals surface area contributed by atoms with Crippen LogP contribution in [0, 0.1) is 0 Å². The van der Waals surface area contributed by atoms with Crippen LogP contribution in [0.3, 0.4) is 0 Å². The standard InChI is InChI=1S/C60H100N2/c1-9-17-25-31-37-49-45-53(46-50(38-32-26-18-10-2)55(49)43-35-29-21-13-5)59-57(41-23-15-7)58(42-24-16-8)60(62(59)61)54-47-51(39-33-27-19-11-3)56(44-36-30-22-14-6)52(48-54)40-34-28-20-12-4/h45-48H,9-44H2,1-8H3. The number of allylic oxidation sites excluding steroid dienone is 2. The summed E-state index contributed by atoms with van der Waals surface area (Å²) in [5.74, 6) is 0. The minimum atomic E-state index is 1.03. The molecule has 62 heavy (non-hydrogen) atoms. The molecule has 0 radical (unpaired) electrons. The second kappa shape index (κ2) is 33.1. The summed E-state index contributed by atoms with van der Waals surface area (Å²) in [7, 11) is 0. The number of unbranched alkanes of at least 4 members (excludes halogenated alkanes) is 20. The molecule has 0 aromatic heterocycles. The molecule has 0 amide bonds. The Balaban J connectivity index is 2.32. The van der Waals surface area contributed by atoms with Crippen molar-refractivity contribution in [2.75, 3.05) is 0 Å². The van der Waals surface area contributed by atoms with Gasteiger partial charge in [0.15, 0.2) is 0 Å². The van der Waals surface area contributed by atoms with Gasteiger partial charge in [-0.3, -0.25) is 0 Å². The molecule has 0 N–H and O–H groups in total. The first kappa shape index (κ1) is 53.9. The maximum Gasteiger partial charge on any atom is 0.211 e. The highest BCUT2D eigenvalue weighted by Crippen LogP contribution is 2.46. The fourth-order valence-corrected chi connectivity index (χ4v) is 10.3. The summed E-state index contributed by atoms with van der Waals surface area (Å²) >= 11 is 0. The lowest BCUT2D eigenvalue weighted by atomic mass is 9.85. The highest BCUT2D eigenvalue weighted by Gasteiger charge is 2.36. The van der Waals surface area contributed by atoms with E-state index in [-0.39, 0.29) is 0 Å². The van der Waals surface area contributed by atoms with E-state index in [0.717, 1.165) is 75.6 Å².